The molecule has 27 heavy (non-hydrogen) atoms. The maximum Gasteiger partial charge on any atom is 0.283 e. The van der Waals surface area contributed by atoms with E-state index in [9.17, 15) is 9.90 Å². The Kier molecular flexibility index (Phi) is 5.52. The van der Waals surface area contributed by atoms with E-state index in [1.807, 2.05) is 13.8 Å². The van der Waals surface area contributed by atoms with Gasteiger partial charge in [-0.05, 0) is 44.5 Å². The number of hydrazone groups is 1. The van der Waals surface area contributed by atoms with Gasteiger partial charge in [-0.1, -0.05) is 0 Å². The van der Waals surface area contributed by atoms with E-state index >= 15 is 0 Å². The van der Waals surface area contributed by atoms with E-state index in [2.05, 4.69) is 20.5 Å². The van der Waals surface area contributed by atoms with Crippen LogP contribution in [-0.4, -0.2) is 34.3 Å². The monoisotopic (exact) mass is 402 g/mol. The largest absolute Gasteiger partial charge is 0.504 e. The number of amides is 1. The zero-order valence-electron chi connectivity index (χ0n) is 15.2. The van der Waals surface area contributed by atoms with Crippen molar-refractivity contribution in [3.8, 4) is 21.4 Å². The van der Waals surface area contributed by atoms with Crippen molar-refractivity contribution in [3.05, 3.63) is 45.0 Å². The van der Waals surface area contributed by atoms with E-state index in [0.29, 0.717) is 21.9 Å². The number of nitrogens with zero attached hydrogens (tertiary/aromatic N) is 3. The van der Waals surface area contributed by atoms with Gasteiger partial charge in [-0.2, -0.15) is 5.10 Å². The van der Waals surface area contributed by atoms with E-state index in [1.165, 1.54) is 30.7 Å². The predicted octanol–water partition coefficient (Wildman–Crippen LogP) is 3.67. The first-order valence-corrected chi connectivity index (χ1v) is 9.64. The minimum Gasteiger partial charge on any atom is -0.504 e. The quantitative estimate of drug-likeness (QED) is 0.501. The molecule has 1 aromatic carbocycles. The fourth-order valence-corrected chi connectivity index (χ4v) is 4.44. The molecular weight excluding hydrogens is 384 g/mol. The topological polar surface area (TPSA) is 96.7 Å². The zero-order valence-corrected chi connectivity index (χ0v) is 16.9. The van der Waals surface area contributed by atoms with Gasteiger partial charge in [0.1, 0.15) is 9.88 Å². The van der Waals surface area contributed by atoms with Crippen molar-refractivity contribution in [2.24, 2.45) is 5.10 Å². The number of ether oxygens (including phenoxy) is 1. The van der Waals surface area contributed by atoms with Gasteiger partial charge < -0.3 is 9.84 Å². The van der Waals surface area contributed by atoms with Gasteiger partial charge >= 0.3 is 0 Å². The molecule has 0 atom stereocenters. The number of benzene rings is 1. The summed E-state index contributed by atoms with van der Waals surface area (Å²) < 4.78 is 4.99. The van der Waals surface area contributed by atoms with Crippen molar-refractivity contribution in [1.29, 1.82) is 0 Å². The van der Waals surface area contributed by atoms with Crippen LogP contribution in [0, 0.1) is 20.8 Å². The number of carbonyl (C=O) groups excluding carboxylic acids is 1. The average molecular weight is 403 g/mol. The number of hydrogen-bond donors (Lipinski definition) is 2. The number of carbonyl (C=O) groups is 1. The lowest BCUT2D eigenvalue weighted by Crippen LogP contribution is -2.17. The summed E-state index contributed by atoms with van der Waals surface area (Å²) in [4.78, 5) is 22.8. The van der Waals surface area contributed by atoms with Crippen LogP contribution in [-0.2, 0) is 0 Å². The summed E-state index contributed by atoms with van der Waals surface area (Å²) in [6, 6.07) is 4.84. The Balaban J connectivity index is 1.73. The van der Waals surface area contributed by atoms with Crippen LogP contribution in [0.25, 0.3) is 9.88 Å². The van der Waals surface area contributed by atoms with Crippen LogP contribution in [0.15, 0.2) is 23.3 Å². The molecule has 2 heterocycles. The summed E-state index contributed by atoms with van der Waals surface area (Å²) in [5.41, 5.74) is 4.69. The molecule has 3 aromatic rings. The molecule has 0 unspecified atom stereocenters. The van der Waals surface area contributed by atoms with Crippen molar-refractivity contribution in [2.75, 3.05) is 7.11 Å². The molecule has 0 aliphatic carbocycles. The van der Waals surface area contributed by atoms with Crippen molar-refractivity contribution < 1.29 is 14.6 Å². The number of aromatic hydroxyl groups is 1. The first-order valence-electron chi connectivity index (χ1n) is 8.01. The summed E-state index contributed by atoms with van der Waals surface area (Å²) in [6.45, 7) is 5.67. The third kappa shape index (κ3) is 4.15. The van der Waals surface area contributed by atoms with Gasteiger partial charge in [0.05, 0.1) is 34.6 Å². The Morgan fingerprint density at radius 1 is 1.22 bits per heavy atom. The van der Waals surface area contributed by atoms with Gasteiger partial charge in [-0.3, -0.25) is 4.79 Å². The molecule has 1 amide bonds. The lowest BCUT2D eigenvalue weighted by atomic mass is 10.2. The Bertz CT molecular complexity index is 1020. The second-order valence-corrected chi connectivity index (χ2v) is 7.91. The zero-order chi connectivity index (χ0) is 19.6. The number of hydrogen-bond acceptors (Lipinski definition) is 8. The third-order valence-electron chi connectivity index (χ3n) is 3.68. The fraction of sp³-hybridized carbons (Fsp3) is 0.222. The summed E-state index contributed by atoms with van der Waals surface area (Å²) in [7, 11) is 1.48. The number of phenols is 1. The SMILES string of the molecule is COc1ccc(/C=N/NC(=O)c2sc(-c3sc(C)nc3C)nc2C)cc1O. The molecule has 7 nitrogen and oxygen atoms in total. The Hall–Kier alpha value is -2.78. The van der Waals surface area contributed by atoms with E-state index in [-0.39, 0.29) is 11.7 Å². The highest BCUT2D eigenvalue weighted by molar-refractivity contribution is 7.22. The van der Waals surface area contributed by atoms with Gasteiger partial charge in [0.25, 0.3) is 5.91 Å². The molecule has 9 heteroatoms. The maximum absolute atomic E-state index is 12.4. The Morgan fingerprint density at radius 3 is 2.63 bits per heavy atom. The third-order valence-corrected chi connectivity index (χ3v) is 6.07. The van der Waals surface area contributed by atoms with Crippen molar-refractivity contribution in [2.45, 2.75) is 20.8 Å². The van der Waals surface area contributed by atoms with Gasteiger partial charge in [-0.25, -0.2) is 15.4 Å². The molecule has 2 aromatic heterocycles. The van der Waals surface area contributed by atoms with Gasteiger partial charge in [0.15, 0.2) is 11.5 Å². The summed E-state index contributed by atoms with van der Waals surface area (Å²) >= 11 is 2.88. The standard InChI is InChI=1S/C18H18N4O3S2/c1-9-15(27-18(21-9)16-10(2)20-11(3)26-16)17(24)22-19-8-12-5-6-14(25-4)13(23)7-12/h5-8,23H,1-4H3,(H,22,24)/b19-8+. The van der Waals surface area contributed by atoms with Crippen LogP contribution < -0.4 is 10.2 Å². The smallest absolute Gasteiger partial charge is 0.283 e. The first kappa shape index (κ1) is 19.0. The van der Waals surface area contributed by atoms with Gasteiger partial charge in [0, 0.05) is 0 Å². The highest BCUT2D eigenvalue weighted by Crippen LogP contribution is 2.34. The number of phenolic OH excluding ortho intramolecular Hbond substituents is 1. The minimum atomic E-state index is -0.330. The van der Waals surface area contributed by atoms with Crippen molar-refractivity contribution >= 4 is 34.8 Å². The van der Waals surface area contributed by atoms with Crippen LogP contribution in [0.4, 0.5) is 0 Å². The second kappa shape index (κ2) is 7.85. The van der Waals surface area contributed by atoms with Crippen LogP contribution >= 0.6 is 22.7 Å². The molecule has 2 N–H and O–H groups in total. The molecule has 0 aliphatic rings. The number of methoxy groups -OCH3 is 1. The van der Waals surface area contributed by atoms with Gasteiger partial charge in [-0.15, -0.1) is 22.7 Å². The average Bonchev–Trinajstić information content (AvgIpc) is 3.16. The number of nitrogens with one attached hydrogen (secondary N) is 1. The second-order valence-electron chi connectivity index (χ2n) is 5.71. The lowest BCUT2D eigenvalue weighted by Gasteiger charge is -2.03. The van der Waals surface area contributed by atoms with Crippen LogP contribution in [0.3, 0.4) is 0 Å². The number of rotatable bonds is 5. The maximum atomic E-state index is 12.4. The van der Waals surface area contributed by atoms with E-state index in [0.717, 1.165) is 20.6 Å². The number of aryl methyl sites for hydroxylation is 3. The van der Waals surface area contributed by atoms with E-state index in [4.69, 9.17) is 4.74 Å². The highest BCUT2D eigenvalue weighted by atomic mass is 32.1. The predicted molar refractivity (Wildman–Crippen MR) is 107 cm³/mol. The normalized spacial score (nSPS) is 11.1. The molecule has 0 spiro atoms. The minimum absolute atomic E-state index is 0.00550. The van der Waals surface area contributed by atoms with E-state index < -0.39 is 0 Å². The summed E-state index contributed by atoms with van der Waals surface area (Å²) in [6.07, 6.45) is 1.45. The molecule has 0 saturated heterocycles. The molecule has 0 fully saturated rings. The number of thiazole rings is 2. The molecule has 0 saturated carbocycles. The lowest BCUT2D eigenvalue weighted by molar-refractivity contribution is 0.0958. The molecular formula is C18H18N4O3S2. The molecule has 3 rings (SSSR count). The van der Waals surface area contributed by atoms with Crippen LogP contribution in [0.1, 0.15) is 31.6 Å². The summed E-state index contributed by atoms with van der Waals surface area (Å²) in [5, 5.41) is 15.5. The highest BCUT2D eigenvalue weighted by Gasteiger charge is 2.18. The van der Waals surface area contributed by atoms with Crippen molar-refractivity contribution in [3.63, 3.8) is 0 Å². The fourth-order valence-electron chi connectivity index (χ4n) is 2.44. The van der Waals surface area contributed by atoms with Crippen LogP contribution in [0.2, 0.25) is 0 Å². The van der Waals surface area contributed by atoms with E-state index in [1.54, 1.807) is 30.4 Å². The number of aromatic nitrogens is 2. The molecule has 0 radical (unpaired) electrons. The van der Waals surface area contributed by atoms with Gasteiger partial charge in [0.2, 0.25) is 0 Å². The molecule has 0 bridgehead atoms. The van der Waals surface area contributed by atoms with Crippen LogP contribution in [0.5, 0.6) is 11.5 Å². The summed E-state index contributed by atoms with van der Waals surface area (Å²) in [5.74, 6) is 0.0488. The first-order chi connectivity index (χ1) is 12.9. The molecule has 140 valence electrons. The van der Waals surface area contributed by atoms with Crippen molar-refractivity contribution in [1.82, 2.24) is 15.4 Å². The Morgan fingerprint density at radius 2 is 2.00 bits per heavy atom. The molecule has 0 aliphatic heterocycles. The Labute approximate surface area is 164 Å².